The second-order valence-electron chi connectivity index (χ2n) is 5.92. The van der Waals surface area contributed by atoms with Gasteiger partial charge in [-0.3, -0.25) is 4.79 Å². The van der Waals surface area contributed by atoms with Gasteiger partial charge in [-0.05, 0) is 57.0 Å². The van der Waals surface area contributed by atoms with Crippen LogP contribution in [0.25, 0.3) is 0 Å². The lowest BCUT2D eigenvalue weighted by Crippen LogP contribution is -2.44. The van der Waals surface area contributed by atoms with Crippen LogP contribution in [0.4, 0.5) is 0 Å². The fourth-order valence-corrected chi connectivity index (χ4v) is 3.65. The molecular weight excluding hydrogens is 228 g/mol. The molecule has 0 saturated carbocycles. The molecule has 3 aliphatic rings. The number of nitrogens with zero attached hydrogens (tertiary/aromatic N) is 1. The summed E-state index contributed by atoms with van der Waals surface area (Å²) >= 11 is 0. The number of rotatable bonds is 2. The zero-order valence-corrected chi connectivity index (χ0v) is 11.1. The van der Waals surface area contributed by atoms with Crippen LogP contribution >= 0.6 is 0 Å². The average molecular weight is 252 g/mol. The third-order valence-electron chi connectivity index (χ3n) is 4.82. The largest absolute Gasteiger partial charge is 0.368 e. The summed E-state index contributed by atoms with van der Waals surface area (Å²) in [7, 11) is 0. The van der Waals surface area contributed by atoms with Gasteiger partial charge in [-0.1, -0.05) is 0 Å². The summed E-state index contributed by atoms with van der Waals surface area (Å²) < 4.78 is 5.49. The number of likely N-dealkylation sites (tertiary alicyclic amines) is 1. The minimum Gasteiger partial charge on any atom is -0.368 e. The van der Waals surface area contributed by atoms with Crippen LogP contribution in [0.1, 0.15) is 32.1 Å². The summed E-state index contributed by atoms with van der Waals surface area (Å²) in [6.07, 6.45) is 5.53. The molecule has 18 heavy (non-hydrogen) atoms. The monoisotopic (exact) mass is 252 g/mol. The molecule has 1 amide bonds. The zero-order chi connectivity index (χ0) is 12.4. The Morgan fingerprint density at radius 3 is 2.56 bits per heavy atom. The molecule has 0 aromatic heterocycles. The Morgan fingerprint density at radius 1 is 1.11 bits per heavy atom. The lowest BCUT2D eigenvalue weighted by atomic mass is 9.83. The van der Waals surface area contributed by atoms with E-state index in [0.717, 1.165) is 44.4 Å². The van der Waals surface area contributed by atoms with E-state index in [-0.39, 0.29) is 12.0 Å². The first-order valence-corrected chi connectivity index (χ1v) is 7.45. The van der Waals surface area contributed by atoms with Crippen LogP contribution in [0.2, 0.25) is 0 Å². The van der Waals surface area contributed by atoms with Crippen molar-refractivity contribution in [1.29, 1.82) is 0 Å². The van der Waals surface area contributed by atoms with Gasteiger partial charge in [0.25, 0.3) is 5.91 Å². The predicted octanol–water partition coefficient (Wildman–Crippen LogP) is 1.01. The molecule has 4 nitrogen and oxygen atoms in total. The Bertz CT molecular complexity index is 288. The highest BCUT2D eigenvalue weighted by atomic mass is 16.5. The van der Waals surface area contributed by atoms with Gasteiger partial charge in [-0.25, -0.2) is 0 Å². The Labute approximate surface area is 109 Å². The summed E-state index contributed by atoms with van der Waals surface area (Å²) in [5.41, 5.74) is 0. The van der Waals surface area contributed by atoms with Gasteiger partial charge < -0.3 is 15.0 Å². The van der Waals surface area contributed by atoms with Crippen molar-refractivity contribution in [1.82, 2.24) is 10.2 Å². The molecule has 3 fully saturated rings. The molecule has 2 unspecified atom stereocenters. The van der Waals surface area contributed by atoms with Gasteiger partial charge >= 0.3 is 0 Å². The number of amides is 1. The molecule has 3 rings (SSSR count). The van der Waals surface area contributed by atoms with Crippen molar-refractivity contribution in [3.63, 3.8) is 0 Å². The van der Waals surface area contributed by atoms with Crippen molar-refractivity contribution in [2.75, 3.05) is 32.8 Å². The van der Waals surface area contributed by atoms with Crippen LogP contribution in [0.15, 0.2) is 0 Å². The molecular formula is C14H24N2O2. The van der Waals surface area contributed by atoms with Gasteiger partial charge in [0.1, 0.15) is 6.10 Å². The van der Waals surface area contributed by atoms with E-state index in [1.54, 1.807) is 0 Å². The average Bonchev–Trinajstić information content (AvgIpc) is 3.11. The van der Waals surface area contributed by atoms with E-state index in [1.807, 2.05) is 4.90 Å². The molecule has 0 bridgehead atoms. The summed E-state index contributed by atoms with van der Waals surface area (Å²) in [5, 5.41) is 3.45. The molecule has 2 atom stereocenters. The van der Waals surface area contributed by atoms with Gasteiger partial charge in [-0.2, -0.15) is 0 Å². The Balaban J connectivity index is 1.48. The van der Waals surface area contributed by atoms with Gasteiger partial charge in [0.15, 0.2) is 0 Å². The summed E-state index contributed by atoms with van der Waals surface area (Å²) in [4.78, 5) is 14.3. The molecule has 0 spiro atoms. The number of carbonyl (C=O) groups excluding carboxylic acids is 1. The lowest BCUT2D eigenvalue weighted by Gasteiger charge is -2.35. The van der Waals surface area contributed by atoms with Gasteiger partial charge in [0, 0.05) is 19.7 Å². The molecule has 3 saturated heterocycles. The maximum atomic E-state index is 12.2. The van der Waals surface area contributed by atoms with E-state index in [2.05, 4.69) is 5.32 Å². The van der Waals surface area contributed by atoms with Crippen molar-refractivity contribution >= 4 is 5.91 Å². The number of nitrogens with one attached hydrogen (secondary N) is 1. The van der Waals surface area contributed by atoms with Crippen LogP contribution in [0, 0.1) is 11.8 Å². The molecule has 3 aliphatic heterocycles. The zero-order valence-electron chi connectivity index (χ0n) is 11.1. The maximum Gasteiger partial charge on any atom is 0.251 e. The van der Waals surface area contributed by atoms with E-state index >= 15 is 0 Å². The Kier molecular flexibility index (Phi) is 3.85. The normalized spacial score (nSPS) is 34.1. The SMILES string of the molecule is O=C(C1CCCO1)N1CCC(C2CCNC2)CC1. The molecule has 102 valence electrons. The molecule has 3 heterocycles. The highest BCUT2D eigenvalue weighted by Crippen LogP contribution is 2.29. The van der Waals surface area contributed by atoms with E-state index in [0.29, 0.717) is 0 Å². The number of piperidine rings is 1. The molecule has 1 N–H and O–H groups in total. The van der Waals surface area contributed by atoms with Crippen molar-refractivity contribution < 1.29 is 9.53 Å². The highest BCUT2D eigenvalue weighted by molar-refractivity contribution is 5.81. The van der Waals surface area contributed by atoms with Crippen LogP contribution in [0.5, 0.6) is 0 Å². The smallest absolute Gasteiger partial charge is 0.251 e. The van der Waals surface area contributed by atoms with Crippen LogP contribution < -0.4 is 5.32 Å². The fraction of sp³-hybridized carbons (Fsp3) is 0.929. The number of carbonyl (C=O) groups is 1. The summed E-state index contributed by atoms with van der Waals surface area (Å²) in [6.45, 7) is 5.02. The van der Waals surface area contributed by atoms with Gasteiger partial charge in [-0.15, -0.1) is 0 Å². The minimum absolute atomic E-state index is 0.130. The van der Waals surface area contributed by atoms with Crippen molar-refractivity contribution in [3.05, 3.63) is 0 Å². The topological polar surface area (TPSA) is 41.6 Å². The van der Waals surface area contributed by atoms with E-state index in [4.69, 9.17) is 4.74 Å². The van der Waals surface area contributed by atoms with Crippen LogP contribution in [-0.4, -0.2) is 49.7 Å². The second-order valence-corrected chi connectivity index (χ2v) is 5.92. The van der Waals surface area contributed by atoms with Gasteiger partial charge in [0.05, 0.1) is 0 Å². The second kappa shape index (κ2) is 5.57. The standard InChI is InChI=1S/C14H24N2O2/c17-14(13-2-1-9-18-13)16-7-4-11(5-8-16)12-3-6-15-10-12/h11-13,15H,1-10H2. The van der Waals surface area contributed by atoms with Crippen LogP contribution in [-0.2, 0) is 9.53 Å². The summed E-state index contributed by atoms with van der Waals surface area (Å²) in [6, 6.07) is 0. The first-order chi connectivity index (χ1) is 8.84. The van der Waals surface area contributed by atoms with Crippen molar-refractivity contribution in [2.24, 2.45) is 11.8 Å². The third-order valence-corrected chi connectivity index (χ3v) is 4.82. The number of hydrogen-bond donors (Lipinski definition) is 1. The first-order valence-electron chi connectivity index (χ1n) is 7.45. The van der Waals surface area contributed by atoms with E-state index in [9.17, 15) is 4.79 Å². The molecule has 4 heteroatoms. The predicted molar refractivity (Wildman–Crippen MR) is 69.3 cm³/mol. The van der Waals surface area contributed by atoms with Crippen molar-refractivity contribution in [2.45, 2.75) is 38.2 Å². The molecule has 0 radical (unpaired) electrons. The maximum absolute atomic E-state index is 12.2. The van der Waals surface area contributed by atoms with Crippen LogP contribution in [0.3, 0.4) is 0 Å². The third kappa shape index (κ3) is 2.54. The Morgan fingerprint density at radius 2 is 1.94 bits per heavy atom. The molecule has 0 aromatic rings. The first kappa shape index (κ1) is 12.4. The van der Waals surface area contributed by atoms with Gasteiger partial charge in [0.2, 0.25) is 0 Å². The number of ether oxygens (including phenoxy) is 1. The number of hydrogen-bond acceptors (Lipinski definition) is 3. The summed E-state index contributed by atoms with van der Waals surface area (Å²) in [5.74, 6) is 1.93. The highest BCUT2D eigenvalue weighted by Gasteiger charge is 2.33. The lowest BCUT2D eigenvalue weighted by molar-refractivity contribution is -0.142. The molecule has 0 aromatic carbocycles. The Hall–Kier alpha value is -0.610. The molecule has 0 aliphatic carbocycles. The van der Waals surface area contributed by atoms with E-state index in [1.165, 1.54) is 32.4 Å². The van der Waals surface area contributed by atoms with Crippen molar-refractivity contribution in [3.8, 4) is 0 Å². The fourth-order valence-electron chi connectivity index (χ4n) is 3.65. The quantitative estimate of drug-likeness (QED) is 0.797. The minimum atomic E-state index is -0.130. The van der Waals surface area contributed by atoms with E-state index < -0.39 is 0 Å².